The van der Waals surface area contributed by atoms with Gasteiger partial charge >= 0.3 is 5.97 Å². The molecule has 2 rings (SSSR count). The molecule has 0 heterocycles. The van der Waals surface area contributed by atoms with Crippen molar-refractivity contribution in [3.05, 3.63) is 23.8 Å². The monoisotopic (exact) mass is 264 g/mol. The Kier molecular flexibility index (Phi) is 4.30. The largest absolute Gasteiger partial charge is 0.493 e. The molecule has 1 atom stereocenters. The fourth-order valence-corrected chi connectivity index (χ4v) is 1.89. The van der Waals surface area contributed by atoms with E-state index in [1.807, 2.05) is 18.2 Å². The molecule has 1 aromatic rings. The highest BCUT2D eigenvalue weighted by atomic mass is 16.5. The Morgan fingerprint density at radius 3 is 2.74 bits per heavy atom. The van der Waals surface area contributed by atoms with Crippen LogP contribution in [0, 0.1) is 11.8 Å². The number of carboxylic acid groups (broad SMARTS) is 1. The van der Waals surface area contributed by atoms with E-state index in [0.717, 1.165) is 17.9 Å². The third-order valence-electron chi connectivity index (χ3n) is 3.36. The van der Waals surface area contributed by atoms with Gasteiger partial charge in [-0.2, -0.15) is 0 Å². The van der Waals surface area contributed by atoms with Crippen LogP contribution in [0.4, 0.5) is 0 Å². The number of carbonyl (C=O) groups is 1. The van der Waals surface area contributed by atoms with Gasteiger partial charge in [0, 0.05) is 0 Å². The number of hydrogen-bond donors (Lipinski definition) is 1. The molecule has 4 heteroatoms. The van der Waals surface area contributed by atoms with Gasteiger partial charge in [0.1, 0.15) is 0 Å². The van der Waals surface area contributed by atoms with Crippen molar-refractivity contribution < 1.29 is 19.4 Å². The van der Waals surface area contributed by atoms with E-state index in [0.29, 0.717) is 18.1 Å². The van der Waals surface area contributed by atoms with Gasteiger partial charge in [-0.3, -0.25) is 4.79 Å². The van der Waals surface area contributed by atoms with Crippen molar-refractivity contribution in [3.8, 4) is 11.5 Å². The molecule has 1 aliphatic carbocycles. The average Bonchev–Trinajstić information content (AvgIpc) is 3.20. The zero-order valence-electron chi connectivity index (χ0n) is 11.4. The SMILES string of the molecule is COc1cc(CC(C)C(=O)O)ccc1OCC1CC1. The average molecular weight is 264 g/mol. The van der Waals surface area contributed by atoms with E-state index in [-0.39, 0.29) is 0 Å². The van der Waals surface area contributed by atoms with Gasteiger partial charge in [-0.15, -0.1) is 0 Å². The highest BCUT2D eigenvalue weighted by Crippen LogP contribution is 2.33. The number of methoxy groups -OCH3 is 1. The second-order valence-corrected chi connectivity index (χ2v) is 5.18. The minimum Gasteiger partial charge on any atom is -0.493 e. The number of rotatable bonds is 7. The van der Waals surface area contributed by atoms with E-state index in [2.05, 4.69) is 0 Å². The molecule has 0 aromatic heterocycles. The van der Waals surface area contributed by atoms with Crippen LogP contribution in [0.2, 0.25) is 0 Å². The summed E-state index contributed by atoms with van der Waals surface area (Å²) in [6, 6.07) is 5.64. The normalized spacial score (nSPS) is 15.9. The third-order valence-corrected chi connectivity index (χ3v) is 3.36. The minimum absolute atomic E-state index is 0.400. The zero-order chi connectivity index (χ0) is 13.8. The van der Waals surface area contributed by atoms with E-state index in [1.165, 1.54) is 12.8 Å². The number of hydrogen-bond acceptors (Lipinski definition) is 3. The van der Waals surface area contributed by atoms with E-state index >= 15 is 0 Å². The molecule has 0 spiro atoms. The van der Waals surface area contributed by atoms with Crippen LogP contribution in [-0.4, -0.2) is 24.8 Å². The highest BCUT2D eigenvalue weighted by Gasteiger charge is 2.22. The van der Waals surface area contributed by atoms with Crippen LogP contribution in [-0.2, 0) is 11.2 Å². The molecule has 104 valence electrons. The summed E-state index contributed by atoms with van der Waals surface area (Å²) in [5, 5.41) is 8.92. The summed E-state index contributed by atoms with van der Waals surface area (Å²) in [4.78, 5) is 10.9. The molecule has 0 bridgehead atoms. The molecule has 0 radical (unpaired) electrons. The summed E-state index contributed by atoms with van der Waals surface area (Å²) < 4.78 is 11.0. The summed E-state index contributed by atoms with van der Waals surface area (Å²) in [5.41, 5.74) is 0.950. The van der Waals surface area contributed by atoms with Crippen LogP contribution in [0.1, 0.15) is 25.3 Å². The summed E-state index contributed by atoms with van der Waals surface area (Å²) in [7, 11) is 1.60. The molecule has 0 amide bonds. The Morgan fingerprint density at radius 2 is 2.16 bits per heavy atom. The van der Waals surface area contributed by atoms with Gasteiger partial charge in [0.25, 0.3) is 0 Å². The van der Waals surface area contributed by atoms with Crippen molar-refractivity contribution in [1.82, 2.24) is 0 Å². The fraction of sp³-hybridized carbons (Fsp3) is 0.533. The summed E-state index contributed by atoms with van der Waals surface area (Å²) in [5.74, 6) is 0.921. The smallest absolute Gasteiger partial charge is 0.306 e. The number of benzene rings is 1. The van der Waals surface area contributed by atoms with Gasteiger partial charge in [-0.25, -0.2) is 0 Å². The summed E-state index contributed by atoms with van der Waals surface area (Å²) >= 11 is 0. The molecule has 19 heavy (non-hydrogen) atoms. The molecule has 1 N–H and O–H groups in total. The van der Waals surface area contributed by atoms with Crippen molar-refractivity contribution in [2.75, 3.05) is 13.7 Å². The molecular formula is C15H20O4. The van der Waals surface area contributed by atoms with Gasteiger partial charge in [-0.1, -0.05) is 13.0 Å². The molecule has 1 aliphatic rings. The van der Waals surface area contributed by atoms with Crippen LogP contribution in [0.3, 0.4) is 0 Å². The lowest BCUT2D eigenvalue weighted by atomic mass is 10.0. The first-order valence-corrected chi connectivity index (χ1v) is 6.62. The zero-order valence-corrected chi connectivity index (χ0v) is 11.4. The van der Waals surface area contributed by atoms with Crippen molar-refractivity contribution in [2.24, 2.45) is 11.8 Å². The second-order valence-electron chi connectivity index (χ2n) is 5.18. The molecule has 1 unspecified atom stereocenters. The van der Waals surface area contributed by atoms with Crippen molar-refractivity contribution in [3.63, 3.8) is 0 Å². The Labute approximate surface area is 113 Å². The van der Waals surface area contributed by atoms with Crippen molar-refractivity contribution in [2.45, 2.75) is 26.2 Å². The Balaban J connectivity index is 2.03. The van der Waals surface area contributed by atoms with E-state index in [9.17, 15) is 4.79 Å². The maximum Gasteiger partial charge on any atom is 0.306 e. The lowest BCUT2D eigenvalue weighted by Crippen LogP contribution is -2.12. The van der Waals surface area contributed by atoms with Crippen LogP contribution in [0.15, 0.2) is 18.2 Å². The third kappa shape index (κ3) is 3.88. The minimum atomic E-state index is -0.784. The lowest BCUT2D eigenvalue weighted by molar-refractivity contribution is -0.141. The van der Waals surface area contributed by atoms with Gasteiger partial charge < -0.3 is 14.6 Å². The van der Waals surface area contributed by atoms with Gasteiger partial charge in [0.15, 0.2) is 11.5 Å². The molecule has 1 fully saturated rings. The predicted molar refractivity (Wildman–Crippen MR) is 71.7 cm³/mol. The topological polar surface area (TPSA) is 55.8 Å². The van der Waals surface area contributed by atoms with Crippen molar-refractivity contribution in [1.29, 1.82) is 0 Å². The quantitative estimate of drug-likeness (QED) is 0.822. The fourth-order valence-electron chi connectivity index (χ4n) is 1.89. The molecule has 1 saturated carbocycles. The van der Waals surface area contributed by atoms with Crippen LogP contribution >= 0.6 is 0 Å². The molecule has 4 nitrogen and oxygen atoms in total. The van der Waals surface area contributed by atoms with Crippen LogP contribution in [0.25, 0.3) is 0 Å². The Hall–Kier alpha value is -1.71. The standard InChI is InChI=1S/C15H20O4/c1-10(15(16)17)7-12-5-6-13(14(8-12)18-2)19-9-11-3-4-11/h5-6,8,10-11H,3-4,7,9H2,1-2H3,(H,16,17). The maximum absolute atomic E-state index is 10.9. The van der Waals surface area contributed by atoms with Crippen LogP contribution < -0.4 is 9.47 Å². The number of aliphatic carboxylic acids is 1. The summed E-state index contributed by atoms with van der Waals surface area (Å²) in [6.07, 6.45) is 2.99. The first kappa shape index (κ1) is 13.7. The second kappa shape index (κ2) is 5.95. The Bertz CT molecular complexity index is 451. The molecule has 0 saturated heterocycles. The lowest BCUT2D eigenvalue weighted by Gasteiger charge is -2.13. The first-order valence-electron chi connectivity index (χ1n) is 6.62. The van der Waals surface area contributed by atoms with Crippen molar-refractivity contribution >= 4 is 5.97 Å². The molecule has 0 aliphatic heterocycles. The Morgan fingerprint density at radius 1 is 1.42 bits per heavy atom. The van der Waals surface area contributed by atoms with Gasteiger partial charge in [0.2, 0.25) is 0 Å². The van der Waals surface area contributed by atoms with E-state index < -0.39 is 11.9 Å². The van der Waals surface area contributed by atoms with E-state index in [1.54, 1.807) is 14.0 Å². The predicted octanol–water partition coefficient (Wildman–Crippen LogP) is 2.75. The maximum atomic E-state index is 10.9. The molecular weight excluding hydrogens is 244 g/mol. The number of carboxylic acids is 1. The van der Waals surface area contributed by atoms with Gasteiger partial charge in [0.05, 0.1) is 19.6 Å². The van der Waals surface area contributed by atoms with Gasteiger partial charge in [-0.05, 0) is 42.9 Å². The summed E-state index contributed by atoms with van der Waals surface area (Å²) in [6.45, 7) is 2.44. The van der Waals surface area contributed by atoms with E-state index in [4.69, 9.17) is 14.6 Å². The van der Waals surface area contributed by atoms with Crippen LogP contribution in [0.5, 0.6) is 11.5 Å². The molecule has 1 aromatic carbocycles. The highest BCUT2D eigenvalue weighted by molar-refractivity contribution is 5.70. The number of ether oxygens (including phenoxy) is 2. The first-order chi connectivity index (χ1) is 9.10.